The summed E-state index contributed by atoms with van der Waals surface area (Å²) in [7, 11) is 0. The van der Waals surface area contributed by atoms with Gasteiger partial charge in [-0.1, -0.05) is 18.2 Å². The summed E-state index contributed by atoms with van der Waals surface area (Å²) in [5.74, 6) is 5.41. The van der Waals surface area contributed by atoms with Gasteiger partial charge in [0.05, 0.1) is 28.0 Å². The second-order valence-electron chi connectivity index (χ2n) is 5.63. The molecule has 1 aromatic carbocycles. The van der Waals surface area contributed by atoms with Crippen molar-refractivity contribution in [2.24, 2.45) is 5.84 Å². The van der Waals surface area contributed by atoms with Crippen LogP contribution in [0, 0.1) is 0 Å². The SMILES string of the molecule is NN(C(=O)O)c1cccc(-c2ccnc3c(C(=O)c4cccs4)cnn23)c1. The first-order chi connectivity index (χ1) is 13.1. The van der Waals surface area contributed by atoms with Crippen molar-refractivity contribution < 1.29 is 14.7 Å². The number of ketones is 1. The van der Waals surface area contributed by atoms with E-state index in [1.54, 1.807) is 47.1 Å². The lowest BCUT2D eigenvalue weighted by molar-refractivity contribution is 0.104. The second-order valence-corrected chi connectivity index (χ2v) is 6.58. The van der Waals surface area contributed by atoms with Crippen molar-refractivity contribution in [3.63, 3.8) is 0 Å². The van der Waals surface area contributed by atoms with Gasteiger partial charge in [0, 0.05) is 11.8 Å². The summed E-state index contributed by atoms with van der Waals surface area (Å²) in [5.41, 5.74) is 2.49. The third kappa shape index (κ3) is 2.94. The van der Waals surface area contributed by atoms with E-state index in [1.165, 1.54) is 17.5 Å². The molecule has 0 fully saturated rings. The fourth-order valence-electron chi connectivity index (χ4n) is 2.74. The van der Waals surface area contributed by atoms with Gasteiger partial charge < -0.3 is 5.11 Å². The number of carboxylic acid groups (broad SMARTS) is 1. The zero-order valence-electron chi connectivity index (χ0n) is 13.8. The van der Waals surface area contributed by atoms with Crippen LogP contribution in [0.15, 0.2) is 60.2 Å². The highest BCUT2D eigenvalue weighted by Crippen LogP contribution is 2.26. The summed E-state index contributed by atoms with van der Waals surface area (Å²) < 4.78 is 1.56. The Bertz CT molecular complexity index is 1150. The van der Waals surface area contributed by atoms with E-state index in [-0.39, 0.29) is 5.78 Å². The van der Waals surface area contributed by atoms with Gasteiger partial charge in [0.1, 0.15) is 0 Å². The minimum Gasteiger partial charge on any atom is -0.464 e. The number of carbonyl (C=O) groups excluding carboxylic acids is 1. The van der Waals surface area contributed by atoms with E-state index >= 15 is 0 Å². The van der Waals surface area contributed by atoms with Crippen LogP contribution in [-0.4, -0.2) is 31.6 Å². The quantitative estimate of drug-likeness (QED) is 0.244. The molecule has 0 spiro atoms. The molecular formula is C18H13N5O3S. The van der Waals surface area contributed by atoms with Crippen LogP contribution in [0.4, 0.5) is 10.5 Å². The molecule has 3 aromatic heterocycles. The Morgan fingerprint density at radius 2 is 2.04 bits per heavy atom. The van der Waals surface area contributed by atoms with Gasteiger partial charge in [-0.3, -0.25) is 4.79 Å². The highest BCUT2D eigenvalue weighted by atomic mass is 32.1. The van der Waals surface area contributed by atoms with E-state index in [1.807, 2.05) is 11.4 Å². The van der Waals surface area contributed by atoms with Crippen molar-refractivity contribution in [2.45, 2.75) is 0 Å². The molecule has 0 radical (unpaired) electrons. The van der Waals surface area contributed by atoms with Crippen molar-refractivity contribution in [1.82, 2.24) is 14.6 Å². The molecule has 1 amide bonds. The first kappa shape index (κ1) is 16.9. The molecule has 0 unspecified atom stereocenters. The molecule has 27 heavy (non-hydrogen) atoms. The number of nitrogens with zero attached hydrogens (tertiary/aromatic N) is 4. The summed E-state index contributed by atoms with van der Waals surface area (Å²) in [5, 5.41) is 15.8. The molecule has 0 bridgehead atoms. The van der Waals surface area contributed by atoms with E-state index in [0.29, 0.717) is 38.0 Å². The number of amides is 1. The minimum atomic E-state index is -1.27. The zero-order valence-corrected chi connectivity index (χ0v) is 14.6. The van der Waals surface area contributed by atoms with Gasteiger partial charge in [-0.05, 0) is 29.6 Å². The van der Waals surface area contributed by atoms with Crippen molar-refractivity contribution >= 4 is 34.5 Å². The van der Waals surface area contributed by atoms with E-state index in [9.17, 15) is 9.59 Å². The Hall–Kier alpha value is -3.56. The number of aromatic nitrogens is 3. The van der Waals surface area contributed by atoms with Crippen LogP contribution < -0.4 is 10.9 Å². The van der Waals surface area contributed by atoms with Gasteiger partial charge in [0.15, 0.2) is 5.65 Å². The molecule has 4 aromatic rings. The zero-order chi connectivity index (χ0) is 19.0. The number of hydrazine groups is 1. The molecular weight excluding hydrogens is 366 g/mol. The molecule has 3 heterocycles. The van der Waals surface area contributed by atoms with Crippen LogP contribution in [0.25, 0.3) is 16.9 Å². The Morgan fingerprint density at radius 3 is 2.78 bits per heavy atom. The number of hydrogen-bond donors (Lipinski definition) is 2. The standard InChI is InChI=1S/C18H13N5O3S/c19-22(18(25)26)12-4-1-3-11(9-12)14-6-7-20-17-13(10-21-23(14)17)16(24)15-5-2-8-27-15/h1-10H,19H2,(H,25,26). The highest BCUT2D eigenvalue weighted by Gasteiger charge is 2.19. The topological polar surface area (TPSA) is 114 Å². The maximum atomic E-state index is 12.7. The van der Waals surface area contributed by atoms with Crippen LogP contribution >= 0.6 is 11.3 Å². The Balaban J connectivity index is 1.82. The maximum Gasteiger partial charge on any atom is 0.426 e. The third-order valence-electron chi connectivity index (χ3n) is 4.02. The van der Waals surface area contributed by atoms with Crippen LogP contribution in [-0.2, 0) is 0 Å². The number of hydrogen-bond acceptors (Lipinski definition) is 6. The predicted molar refractivity (Wildman–Crippen MR) is 101 cm³/mol. The smallest absolute Gasteiger partial charge is 0.426 e. The van der Waals surface area contributed by atoms with Crippen molar-refractivity contribution in [1.29, 1.82) is 0 Å². The molecule has 0 saturated heterocycles. The average molecular weight is 379 g/mol. The van der Waals surface area contributed by atoms with Gasteiger partial charge in [0.2, 0.25) is 5.78 Å². The van der Waals surface area contributed by atoms with Gasteiger partial charge >= 0.3 is 6.09 Å². The summed E-state index contributed by atoms with van der Waals surface area (Å²) in [6.45, 7) is 0. The van der Waals surface area contributed by atoms with Gasteiger partial charge in [-0.2, -0.15) is 5.10 Å². The van der Waals surface area contributed by atoms with E-state index in [4.69, 9.17) is 10.9 Å². The van der Waals surface area contributed by atoms with E-state index < -0.39 is 6.09 Å². The number of carbonyl (C=O) groups is 2. The number of nitrogens with two attached hydrogens (primary N) is 1. The molecule has 8 nitrogen and oxygen atoms in total. The number of thiophene rings is 1. The fraction of sp³-hybridized carbons (Fsp3) is 0. The van der Waals surface area contributed by atoms with Gasteiger partial charge in [-0.15, -0.1) is 11.3 Å². The Labute approximate surface area is 157 Å². The normalized spacial score (nSPS) is 10.9. The number of anilines is 1. The number of fused-ring (bicyclic) bond motifs is 1. The van der Waals surface area contributed by atoms with Crippen LogP contribution in [0.3, 0.4) is 0 Å². The summed E-state index contributed by atoms with van der Waals surface area (Å²) in [4.78, 5) is 28.7. The molecule has 0 aliphatic heterocycles. The first-order valence-electron chi connectivity index (χ1n) is 7.85. The monoisotopic (exact) mass is 379 g/mol. The van der Waals surface area contributed by atoms with Crippen LogP contribution in [0.2, 0.25) is 0 Å². The lowest BCUT2D eigenvalue weighted by Crippen LogP contribution is -2.35. The van der Waals surface area contributed by atoms with Gasteiger partial charge in [0.25, 0.3) is 0 Å². The number of benzene rings is 1. The van der Waals surface area contributed by atoms with E-state index in [2.05, 4.69) is 10.1 Å². The largest absolute Gasteiger partial charge is 0.464 e. The molecule has 0 aliphatic carbocycles. The molecule has 9 heteroatoms. The molecule has 134 valence electrons. The fourth-order valence-corrected chi connectivity index (χ4v) is 3.41. The maximum absolute atomic E-state index is 12.7. The summed E-state index contributed by atoms with van der Waals surface area (Å²) in [6.07, 6.45) is 1.81. The lowest BCUT2D eigenvalue weighted by Gasteiger charge is -2.13. The number of rotatable bonds is 4. The van der Waals surface area contributed by atoms with Crippen molar-refractivity contribution in [3.8, 4) is 11.3 Å². The summed E-state index contributed by atoms with van der Waals surface area (Å²) >= 11 is 1.36. The average Bonchev–Trinajstić information content (AvgIpc) is 3.36. The first-order valence-corrected chi connectivity index (χ1v) is 8.73. The highest BCUT2D eigenvalue weighted by molar-refractivity contribution is 7.12. The lowest BCUT2D eigenvalue weighted by atomic mass is 10.1. The van der Waals surface area contributed by atoms with Crippen molar-refractivity contribution in [2.75, 3.05) is 5.01 Å². The molecule has 0 aliphatic rings. The molecule has 3 N–H and O–H groups in total. The second kappa shape index (κ2) is 6.63. The predicted octanol–water partition coefficient (Wildman–Crippen LogP) is 3.05. The van der Waals surface area contributed by atoms with Crippen LogP contribution in [0.1, 0.15) is 15.2 Å². The van der Waals surface area contributed by atoms with Gasteiger partial charge in [-0.25, -0.2) is 25.1 Å². The molecule has 0 atom stereocenters. The van der Waals surface area contributed by atoms with Crippen molar-refractivity contribution in [3.05, 3.63) is 70.7 Å². The minimum absolute atomic E-state index is 0.141. The Morgan fingerprint density at radius 1 is 1.19 bits per heavy atom. The molecule has 4 rings (SSSR count). The summed E-state index contributed by atoms with van der Waals surface area (Å²) in [6, 6.07) is 12.0. The third-order valence-corrected chi connectivity index (χ3v) is 4.89. The Kier molecular flexibility index (Phi) is 4.15. The van der Waals surface area contributed by atoms with E-state index in [0.717, 1.165) is 0 Å². The van der Waals surface area contributed by atoms with Crippen LogP contribution in [0.5, 0.6) is 0 Å². The molecule has 0 saturated carbocycles.